The molecule has 19 heavy (non-hydrogen) atoms. The third-order valence-corrected chi connectivity index (χ3v) is 2.69. The van der Waals surface area contributed by atoms with Gasteiger partial charge in [0.1, 0.15) is 0 Å². The first-order valence-electron chi connectivity index (χ1n) is 6.08. The van der Waals surface area contributed by atoms with Crippen molar-refractivity contribution in [1.82, 2.24) is 20.3 Å². The van der Waals surface area contributed by atoms with Gasteiger partial charge in [-0.2, -0.15) is 0 Å². The largest absolute Gasteiger partial charge is 0.494 e. The summed E-state index contributed by atoms with van der Waals surface area (Å²) in [6, 6.07) is 4.97. The van der Waals surface area contributed by atoms with Gasteiger partial charge in [-0.15, -0.1) is 5.10 Å². The van der Waals surface area contributed by atoms with Crippen LogP contribution in [0.1, 0.15) is 19.5 Å². The number of nitrogens with zero attached hydrogens (tertiary/aromatic N) is 3. The molecule has 0 aliphatic rings. The molecule has 2 rings (SSSR count). The van der Waals surface area contributed by atoms with Gasteiger partial charge >= 0.3 is 0 Å². The molecule has 0 radical (unpaired) electrons. The van der Waals surface area contributed by atoms with Crippen LogP contribution in [0.15, 0.2) is 24.4 Å². The van der Waals surface area contributed by atoms with Crippen molar-refractivity contribution in [2.75, 3.05) is 7.11 Å². The van der Waals surface area contributed by atoms with E-state index < -0.39 is 5.82 Å². The maximum atomic E-state index is 13.4. The van der Waals surface area contributed by atoms with Gasteiger partial charge in [0.15, 0.2) is 11.6 Å². The van der Waals surface area contributed by atoms with Gasteiger partial charge in [-0.1, -0.05) is 19.1 Å². The Labute approximate surface area is 111 Å². The molecule has 0 amide bonds. The van der Waals surface area contributed by atoms with E-state index in [1.807, 2.05) is 0 Å². The summed E-state index contributed by atoms with van der Waals surface area (Å²) in [5.41, 5.74) is 1.62. The number of ether oxygens (including phenoxy) is 1. The minimum Gasteiger partial charge on any atom is -0.494 e. The normalized spacial score (nSPS) is 11.0. The van der Waals surface area contributed by atoms with Crippen LogP contribution in [0.3, 0.4) is 0 Å². The van der Waals surface area contributed by atoms with E-state index in [0.717, 1.165) is 11.4 Å². The lowest BCUT2D eigenvalue weighted by atomic mass is 10.2. The van der Waals surface area contributed by atoms with E-state index in [-0.39, 0.29) is 5.75 Å². The van der Waals surface area contributed by atoms with E-state index in [0.29, 0.717) is 12.6 Å². The zero-order chi connectivity index (χ0) is 13.8. The van der Waals surface area contributed by atoms with Crippen molar-refractivity contribution in [3.8, 4) is 11.4 Å². The SMILES string of the molecule is COc1cc(-n2nncc2CNC(C)C)ccc1F. The number of aromatic nitrogens is 3. The van der Waals surface area contributed by atoms with Crippen molar-refractivity contribution in [2.45, 2.75) is 26.4 Å². The van der Waals surface area contributed by atoms with E-state index in [1.165, 1.54) is 13.2 Å². The molecule has 1 aromatic carbocycles. The minimum atomic E-state index is -0.395. The molecule has 2 aromatic rings. The van der Waals surface area contributed by atoms with Crippen LogP contribution in [0.4, 0.5) is 4.39 Å². The van der Waals surface area contributed by atoms with Crippen LogP contribution in [-0.2, 0) is 6.54 Å². The van der Waals surface area contributed by atoms with E-state index in [2.05, 4.69) is 29.5 Å². The van der Waals surface area contributed by atoms with Gasteiger partial charge in [0.05, 0.1) is 24.7 Å². The first-order chi connectivity index (χ1) is 9.11. The van der Waals surface area contributed by atoms with Gasteiger partial charge < -0.3 is 10.1 Å². The lowest BCUT2D eigenvalue weighted by molar-refractivity contribution is 0.386. The first-order valence-corrected chi connectivity index (χ1v) is 6.08. The highest BCUT2D eigenvalue weighted by molar-refractivity contribution is 5.40. The topological polar surface area (TPSA) is 52.0 Å². The molecular formula is C13H17FN4O. The van der Waals surface area contributed by atoms with Gasteiger partial charge in [0.2, 0.25) is 0 Å². The Kier molecular flexibility index (Phi) is 4.11. The molecule has 1 heterocycles. The molecule has 1 aromatic heterocycles. The highest BCUT2D eigenvalue weighted by Crippen LogP contribution is 2.21. The predicted octanol–water partition coefficient (Wildman–Crippen LogP) is 1.91. The molecule has 0 bridgehead atoms. The van der Waals surface area contributed by atoms with Gasteiger partial charge in [-0.25, -0.2) is 9.07 Å². The Bertz CT molecular complexity index is 553. The van der Waals surface area contributed by atoms with E-state index in [1.54, 1.807) is 23.0 Å². The second-order valence-corrected chi connectivity index (χ2v) is 4.49. The van der Waals surface area contributed by atoms with E-state index >= 15 is 0 Å². The van der Waals surface area contributed by atoms with Gasteiger partial charge in [-0.05, 0) is 12.1 Å². The summed E-state index contributed by atoms with van der Waals surface area (Å²) in [4.78, 5) is 0. The molecule has 0 spiro atoms. The third-order valence-electron chi connectivity index (χ3n) is 2.69. The molecule has 0 unspecified atom stereocenters. The van der Waals surface area contributed by atoms with Crippen LogP contribution < -0.4 is 10.1 Å². The Morgan fingerprint density at radius 3 is 2.89 bits per heavy atom. The molecular weight excluding hydrogens is 247 g/mol. The van der Waals surface area contributed by atoms with Crippen LogP contribution in [0.2, 0.25) is 0 Å². The fourth-order valence-corrected chi connectivity index (χ4v) is 1.68. The zero-order valence-electron chi connectivity index (χ0n) is 11.2. The number of hydrogen-bond acceptors (Lipinski definition) is 4. The average molecular weight is 264 g/mol. The smallest absolute Gasteiger partial charge is 0.165 e. The van der Waals surface area contributed by atoms with Crippen molar-refractivity contribution in [1.29, 1.82) is 0 Å². The molecule has 1 N–H and O–H groups in total. The maximum absolute atomic E-state index is 13.4. The average Bonchev–Trinajstić information content (AvgIpc) is 2.85. The Balaban J connectivity index is 2.29. The van der Waals surface area contributed by atoms with Crippen LogP contribution in [-0.4, -0.2) is 28.1 Å². The summed E-state index contributed by atoms with van der Waals surface area (Å²) >= 11 is 0. The second kappa shape index (κ2) is 5.79. The van der Waals surface area contributed by atoms with Crippen LogP contribution >= 0.6 is 0 Å². The second-order valence-electron chi connectivity index (χ2n) is 4.49. The lowest BCUT2D eigenvalue weighted by Gasteiger charge is -2.10. The van der Waals surface area contributed by atoms with Crippen LogP contribution in [0.5, 0.6) is 5.75 Å². The predicted molar refractivity (Wildman–Crippen MR) is 69.8 cm³/mol. The van der Waals surface area contributed by atoms with Gasteiger partial charge in [0, 0.05) is 18.7 Å². The van der Waals surface area contributed by atoms with E-state index in [4.69, 9.17) is 4.74 Å². The van der Waals surface area contributed by atoms with Crippen molar-refractivity contribution in [3.05, 3.63) is 35.9 Å². The number of benzene rings is 1. The van der Waals surface area contributed by atoms with Gasteiger partial charge in [-0.3, -0.25) is 0 Å². The molecule has 0 saturated carbocycles. The molecule has 0 atom stereocenters. The van der Waals surface area contributed by atoms with Crippen LogP contribution in [0.25, 0.3) is 5.69 Å². The fourth-order valence-electron chi connectivity index (χ4n) is 1.68. The molecule has 0 saturated heterocycles. The summed E-state index contributed by atoms with van der Waals surface area (Å²) in [5.74, 6) is -0.205. The Morgan fingerprint density at radius 2 is 2.21 bits per heavy atom. The number of nitrogens with one attached hydrogen (secondary N) is 1. The summed E-state index contributed by atoms with van der Waals surface area (Å²) in [5, 5.41) is 11.2. The van der Waals surface area contributed by atoms with E-state index in [9.17, 15) is 4.39 Å². The standard InChI is InChI=1S/C13H17FN4O/c1-9(2)15-7-11-8-16-17-18(11)10-4-5-12(14)13(6-10)19-3/h4-6,8-9,15H,7H2,1-3H3. The van der Waals surface area contributed by atoms with Gasteiger partial charge in [0.25, 0.3) is 0 Å². The zero-order valence-corrected chi connectivity index (χ0v) is 11.2. The van der Waals surface area contributed by atoms with Crippen molar-refractivity contribution < 1.29 is 9.13 Å². The third kappa shape index (κ3) is 3.08. The number of methoxy groups -OCH3 is 1. The summed E-state index contributed by atoms with van der Waals surface area (Å²) in [6.45, 7) is 4.77. The van der Waals surface area contributed by atoms with Crippen molar-refractivity contribution in [2.24, 2.45) is 0 Å². The van der Waals surface area contributed by atoms with Crippen molar-refractivity contribution >= 4 is 0 Å². The fraction of sp³-hybridized carbons (Fsp3) is 0.385. The molecule has 0 aliphatic heterocycles. The molecule has 6 heteroatoms. The molecule has 102 valence electrons. The number of halogens is 1. The minimum absolute atomic E-state index is 0.191. The van der Waals surface area contributed by atoms with Crippen LogP contribution in [0, 0.1) is 5.82 Å². The summed E-state index contributed by atoms with van der Waals surface area (Å²) in [7, 11) is 1.44. The Hall–Kier alpha value is -1.95. The lowest BCUT2D eigenvalue weighted by Crippen LogP contribution is -2.23. The quantitative estimate of drug-likeness (QED) is 0.896. The summed E-state index contributed by atoms with van der Waals surface area (Å²) in [6.07, 6.45) is 1.69. The highest BCUT2D eigenvalue weighted by atomic mass is 19.1. The Morgan fingerprint density at radius 1 is 1.42 bits per heavy atom. The molecule has 5 nitrogen and oxygen atoms in total. The molecule has 0 aliphatic carbocycles. The number of hydrogen-bond donors (Lipinski definition) is 1. The summed E-state index contributed by atoms with van der Waals surface area (Å²) < 4.78 is 20.0. The van der Waals surface area contributed by atoms with Crippen molar-refractivity contribution in [3.63, 3.8) is 0 Å². The number of rotatable bonds is 5. The first kappa shape index (κ1) is 13.5. The molecule has 0 fully saturated rings. The monoisotopic (exact) mass is 264 g/mol. The highest BCUT2D eigenvalue weighted by Gasteiger charge is 2.10. The maximum Gasteiger partial charge on any atom is 0.165 e.